The Kier molecular flexibility index (Phi) is 6.92. The van der Waals surface area contributed by atoms with E-state index < -0.39 is 41.0 Å². The van der Waals surface area contributed by atoms with Crippen molar-refractivity contribution in [3.8, 4) is 11.3 Å². The van der Waals surface area contributed by atoms with E-state index in [0.29, 0.717) is 0 Å². The largest absolute Gasteiger partial charge is 0.444 e. The van der Waals surface area contributed by atoms with E-state index >= 15 is 0 Å². The van der Waals surface area contributed by atoms with Gasteiger partial charge in [0.25, 0.3) is 0 Å². The molecule has 2 N–H and O–H groups in total. The van der Waals surface area contributed by atoms with Crippen LogP contribution in [0.15, 0.2) is 30.3 Å². The molecule has 2 aromatic rings. The Balaban J connectivity index is 2.57. The fraction of sp³-hybridized carbons (Fsp3) is 0.429. The van der Waals surface area contributed by atoms with Gasteiger partial charge in [-0.05, 0) is 70.5 Å². The van der Waals surface area contributed by atoms with Crippen LogP contribution in [0.3, 0.4) is 0 Å². The first-order valence-electron chi connectivity index (χ1n) is 9.23. The number of aromatic nitrogens is 1. The molecule has 0 spiro atoms. The van der Waals surface area contributed by atoms with E-state index in [2.05, 4.69) is 10.3 Å². The van der Waals surface area contributed by atoms with Crippen molar-refractivity contribution in [2.75, 3.05) is 0 Å². The number of halogens is 5. The molecule has 10 heteroatoms. The smallest absolute Gasteiger partial charge is 0.420 e. The Morgan fingerprint density at radius 3 is 2.26 bits per heavy atom. The van der Waals surface area contributed by atoms with E-state index in [4.69, 9.17) is 16.3 Å². The molecular weight excluding hydrogens is 440 g/mol. The highest BCUT2D eigenvalue weighted by Crippen LogP contribution is 2.35. The molecule has 0 aliphatic heterocycles. The van der Waals surface area contributed by atoms with Gasteiger partial charge in [-0.25, -0.2) is 14.2 Å². The summed E-state index contributed by atoms with van der Waals surface area (Å²) in [6.07, 6.45) is -8.61. The lowest BCUT2D eigenvalue weighted by Gasteiger charge is -2.30. The molecule has 0 fully saturated rings. The zero-order chi connectivity index (χ0) is 23.8. The van der Waals surface area contributed by atoms with E-state index in [1.165, 1.54) is 18.2 Å². The second-order valence-corrected chi connectivity index (χ2v) is 8.90. The number of hydrogen-bond acceptors (Lipinski definition) is 4. The first-order valence-corrected chi connectivity index (χ1v) is 9.61. The number of carbonyl (C=O) groups excluding carboxylic acids is 1. The summed E-state index contributed by atoms with van der Waals surface area (Å²) in [6, 6.07) is 6.03. The Hall–Kier alpha value is -2.39. The maximum Gasteiger partial charge on any atom is 0.420 e. The highest BCUT2D eigenvalue weighted by molar-refractivity contribution is 6.31. The minimum Gasteiger partial charge on any atom is -0.444 e. The van der Waals surface area contributed by atoms with Crippen LogP contribution in [0, 0.1) is 5.82 Å². The Bertz CT molecular complexity index is 972. The third kappa shape index (κ3) is 6.54. The van der Waals surface area contributed by atoms with Gasteiger partial charge >= 0.3 is 12.3 Å². The Morgan fingerprint density at radius 1 is 1.13 bits per heavy atom. The van der Waals surface area contributed by atoms with Crippen LogP contribution in [0.5, 0.6) is 0 Å². The molecule has 0 aliphatic carbocycles. The van der Waals surface area contributed by atoms with Crippen LogP contribution >= 0.6 is 11.6 Å². The van der Waals surface area contributed by atoms with Crippen molar-refractivity contribution in [1.82, 2.24) is 10.3 Å². The summed E-state index contributed by atoms with van der Waals surface area (Å²) in [5, 5.41) is 12.1. The second-order valence-electron chi connectivity index (χ2n) is 8.49. The maximum absolute atomic E-state index is 13.5. The highest BCUT2D eigenvalue weighted by Gasteiger charge is 2.41. The third-order valence-corrected chi connectivity index (χ3v) is 4.48. The normalized spacial score (nSPS) is 13.6. The average Bonchev–Trinajstić information content (AvgIpc) is 2.60. The molecule has 0 aliphatic rings. The van der Waals surface area contributed by atoms with Gasteiger partial charge in [0.15, 0.2) is 6.10 Å². The fourth-order valence-electron chi connectivity index (χ4n) is 2.65. The third-order valence-electron chi connectivity index (χ3n) is 4.19. The van der Waals surface area contributed by atoms with Crippen molar-refractivity contribution < 1.29 is 32.2 Å². The van der Waals surface area contributed by atoms with Crippen molar-refractivity contribution in [1.29, 1.82) is 0 Å². The van der Waals surface area contributed by atoms with Crippen LogP contribution < -0.4 is 5.32 Å². The first-order chi connectivity index (χ1) is 14.0. The average molecular weight is 463 g/mol. The number of benzene rings is 1. The Morgan fingerprint density at radius 2 is 1.74 bits per heavy atom. The summed E-state index contributed by atoms with van der Waals surface area (Å²) in [5.74, 6) is -0.705. The quantitative estimate of drug-likeness (QED) is 0.555. The molecule has 1 atom stereocenters. The van der Waals surface area contributed by atoms with Crippen LogP contribution in [0.4, 0.5) is 22.4 Å². The summed E-state index contributed by atoms with van der Waals surface area (Å²) in [5.41, 5.74) is -2.22. The highest BCUT2D eigenvalue weighted by atomic mass is 35.5. The molecule has 31 heavy (non-hydrogen) atoms. The molecule has 0 bridgehead atoms. The van der Waals surface area contributed by atoms with Gasteiger partial charge in [-0.1, -0.05) is 11.6 Å². The summed E-state index contributed by atoms with van der Waals surface area (Å²) in [7, 11) is 0. The summed E-state index contributed by atoms with van der Waals surface area (Å²) >= 11 is 5.79. The van der Waals surface area contributed by atoms with Crippen LogP contribution in [-0.2, 0) is 10.3 Å². The molecule has 0 saturated heterocycles. The van der Waals surface area contributed by atoms with Gasteiger partial charge in [0.1, 0.15) is 11.4 Å². The van der Waals surface area contributed by atoms with Crippen LogP contribution in [0.2, 0.25) is 5.02 Å². The summed E-state index contributed by atoms with van der Waals surface area (Å²) < 4.78 is 58.2. The van der Waals surface area contributed by atoms with E-state index in [1.807, 2.05) is 0 Å². The lowest BCUT2D eigenvalue weighted by Crippen LogP contribution is -2.44. The lowest BCUT2D eigenvalue weighted by atomic mass is 9.92. The van der Waals surface area contributed by atoms with Crippen molar-refractivity contribution in [3.05, 3.63) is 52.4 Å². The zero-order valence-corrected chi connectivity index (χ0v) is 18.3. The van der Waals surface area contributed by atoms with Crippen LogP contribution in [0.1, 0.15) is 52.0 Å². The molecule has 170 valence electrons. The number of ether oxygens (including phenoxy) is 1. The van der Waals surface area contributed by atoms with Gasteiger partial charge in [-0.15, -0.1) is 0 Å². The molecule has 1 amide bonds. The van der Waals surface area contributed by atoms with Gasteiger partial charge in [0, 0.05) is 5.56 Å². The maximum atomic E-state index is 13.5. The number of rotatable bonds is 4. The predicted molar refractivity (Wildman–Crippen MR) is 108 cm³/mol. The molecule has 1 aromatic carbocycles. The Labute approximate surface area is 182 Å². The topological polar surface area (TPSA) is 71.5 Å². The van der Waals surface area contributed by atoms with Gasteiger partial charge < -0.3 is 15.2 Å². The number of aliphatic hydroxyl groups excluding tert-OH is 1. The SMILES string of the molecule is CC(C)(C)OC(=O)NC(C)(C)c1cc(-c2ccc(F)c(Cl)c2)nc(C(O)C(F)(F)F)c1. The van der Waals surface area contributed by atoms with Crippen molar-refractivity contribution in [3.63, 3.8) is 0 Å². The van der Waals surface area contributed by atoms with Crippen LogP contribution in [0.25, 0.3) is 11.3 Å². The summed E-state index contributed by atoms with van der Waals surface area (Å²) in [4.78, 5) is 16.1. The molecule has 0 saturated carbocycles. The molecule has 1 heterocycles. The monoisotopic (exact) mass is 462 g/mol. The van der Waals surface area contributed by atoms with E-state index in [-0.39, 0.29) is 21.8 Å². The number of alkyl carbamates (subject to hydrolysis) is 1. The number of pyridine rings is 1. The molecule has 1 unspecified atom stereocenters. The van der Waals surface area contributed by atoms with E-state index in [0.717, 1.165) is 12.1 Å². The first kappa shape index (κ1) is 24.9. The summed E-state index contributed by atoms with van der Waals surface area (Å²) in [6.45, 7) is 8.11. The van der Waals surface area contributed by atoms with E-state index in [1.54, 1.807) is 34.6 Å². The minimum absolute atomic E-state index is 0.0109. The van der Waals surface area contributed by atoms with E-state index in [9.17, 15) is 27.5 Å². The fourth-order valence-corrected chi connectivity index (χ4v) is 2.84. The number of aliphatic hydroxyl groups is 1. The van der Waals surface area contributed by atoms with Crippen molar-refractivity contribution in [2.24, 2.45) is 0 Å². The molecule has 1 aromatic heterocycles. The standard InChI is InChI=1S/C21H23ClF4N2O3/c1-19(2,3)31-18(30)28-20(4,5)12-9-15(11-6-7-14(23)13(22)8-11)27-16(10-12)17(29)21(24,25)26/h6-10,17,29H,1-5H3,(H,28,30). The number of carbonyl (C=O) groups is 1. The molecule has 5 nitrogen and oxygen atoms in total. The van der Waals surface area contributed by atoms with Gasteiger partial charge in [0.2, 0.25) is 0 Å². The van der Waals surface area contributed by atoms with Crippen LogP contribution in [-0.4, -0.2) is 28.0 Å². The predicted octanol–water partition coefficient (Wildman–Crippen LogP) is 5.90. The lowest BCUT2D eigenvalue weighted by molar-refractivity contribution is -0.207. The molecule has 2 rings (SSSR count). The number of hydrogen-bond donors (Lipinski definition) is 2. The number of alkyl halides is 3. The van der Waals surface area contributed by atoms with Gasteiger partial charge in [-0.3, -0.25) is 0 Å². The van der Waals surface area contributed by atoms with Crippen molar-refractivity contribution >= 4 is 17.7 Å². The number of amides is 1. The van der Waals surface area contributed by atoms with Crippen molar-refractivity contribution in [2.45, 2.75) is 58.0 Å². The zero-order valence-electron chi connectivity index (χ0n) is 17.6. The van der Waals surface area contributed by atoms with Gasteiger partial charge in [0.05, 0.1) is 21.9 Å². The van der Waals surface area contributed by atoms with Gasteiger partial charge in [-0.2, -0.15) is 13.2 Å². The minimum atomic E-state index is -4.97. The molecule has 0 radical (unpaired) electrons. The number of nitrogens with zero attached hydrogens (tertiary/aromatic N) is 1. The molecular formula is C21H23ClF4N2O3. The second kappa shape index (κ2) is 8.63. The number of nitrogens with one attached hydrogen (secondary N) is 1.